The molecule has 0 bridgehead atoms. The summed E-state index contributed by atoms with van der Waals surface area (Å²) >= 11 is 6.30. The molecule has 1 aromatic rings. The van der Waals surface area contributed by atoms with Crippen LogP contribution in [0.2, 0.25) is 5.02 Å². The molecular weight excluding hydrogens is 686 g/mol. The third kappa shape index (κ3) is 7.48. The van der Waals surface area contributed by atoms with E-state index in [1.165, 1.54) is 9.80 Å². The van der Waals surface area contributed by atoms with Gasteiger partial charge in [-0.05, 0) is 55.0 Å². The van der Waals surface area contributed by atoms with E-state index in [4.69, 9.17) is 22.1 Å². The zero-order valence-electron chi connectivity index (χ0n) is 26.7. The zero-order chi connectivity index (χ0) is 35.1. The monoisotopic (exact) mass is 724 g/mol. The fourth-order valence-electron chi connectivity index (χ4n) is 6.93. The van der Waals surface area contributed by atoms with Crippen LogP contribution in [0.5, 0.6) is 0 Å². The number of carbonyl (C=O) groups excluding carboxylic acids is 4. The summed E-state index contributed by atoms with van der Waals surface area (Å²) in [4.78, 5) is 57.2. The SMILES string of the molecule is N[C@H]1CCCCCC=C=C[C@@H]2C[C@@]2(C(=O)NS(=O)(=O)N2CCC(F)(F)C2)NC(=O)[C@@H]2C[C@@H](OC(=O)N3Cc4cccc(Cl)c4C3)CN2C1=O. The molecule has 2 saturated heterocycles. The Morgan fingerprint density at radius 3 is 2.69 bits per heavy atom. The number of carbonyl (C=O) groups is 4. The largest absolute Gasteiger partial charge is 0.444 e. The van der Waals surface area contributed by atoms with Crippen LogP contribution < -0.4 is 15.8 Å². The third-order valence-corrected chi connectivity index (χ3v) is 11.6. The molecule has 4 amide bonds. The van der Waals surface area contributed by atoms with E-state index >= 15 is 0 Å². The van der Waals surface area contributed by atoms with Crippen molar-refractivity contribution in [2.24, 2.45) is 11.7 Å². The summed E-state index contributed by atoms with van der Waals surface area (Å²) in [6.07, 6.45) is 4.30. The van der Waals surface area contributed by atoms with Gasteiger partial charge in [0, 0.05) is 36.9 Å². The van der Waals surface area contributed by atoms with E-state index in [-0.39, 0.29) is 32.5 Å². The van der Waals surface area contributed by atoms with Crippen LogP contribution in [-0.2, 0) is 42.4 Å². The lowest BCUT2D eigenvalue weighted by molar-refractivity contribution is -0.140. The van der Waals surface area contributed by atoms with E-state index in [1.54, 1.807) is 24.3 Å². The molecule has 49 heavy (non-hydrogen) atoms. The van der Waals surface area contributed by atoms with Gasteiger partial charge in [0.1, 0.15) is 17.7 Å². The molecule has 4 heterocycles. The molecule has 1 aromatic carbocycles. The number of alkyl halides is 2. The van der Waals surface area contributed by atoms with Crippen LogP contribution in [0, 0.1) is 5.92 Å². The van der Waals surface area contributed by atoms with Gasteiger partial charge in [-0.1, -0.05) is 36.6 Å². The van der Waals surface area contributed by atoms with Crippen molar-refractivity contribution in [3.05, 3.63) is 52.2 Å². The van der Waals surface area contributed by atoms with Crippen molar-refractivity contribution in [1.82, 2.24) is 24.1 Å². The van der Waals surface area contributed by atoms with Gasteiger partial charge in [0.05, 0.1) is 25.7 Å². The lowest BCUT2D eigenvalue weighted by atomic mass is 10.1. The van der Waals surface area contributed by atoms with Crippen LogP contribution in [0.1, 0.15) is 62.5 Å². The Hall–Kier alpha value is -3.56. The van der Waals surface area contributed by atoms with E-state index in [0.717, 1.165) is 24.0 Å². The van der Waals surface area contributed by atoms with E-state index in [0.29, 0.717) is 28.6 Å². The highest BCUT2D eigenvalue weighted by Gasteiger charge is 2.62. The molecular formula is C32H39ClF2N6O7S. The minimum Gasteiger partial charge on any atom is -0.444 e. The van der Waals surface area contributed by atoms with Gasteiger partial charge in [0.15, 0.2) is 0 Å². The Labute approximate surface area is 288 Å². The molecule has 0 aromatic heterocycles. The predicted octanol–water partition coefficient (Wildman–Crippen LogP) is 2.34. The topological polar surface area (TPSA) is 171 Å². The van der Waals surface area contributed by atoms with Gasteiger partial charge in [-0.3, -0.25) is 19.3 Å². The van der Waals surface area contributed by atoms with Gasteiger partial charge in [0.2, 0.25) is 11.8 Å². The lowest BCUT2D eigenvalue weighted by Crippen LogP contribution is -2.58. The standard InChI is InChI=1S/C32H39ClF2N6O7S/c33-24-10-7-8-20-16-39(18-23(20)24)30(45)48-22-14-26-27(42)37-32(29(44)38-49(46,47)40-13-12-31(34,35)19-40)15-21(32)9-5-3-1-2-4-6-11-25(36)28(43)41(26)17-22/h3,7-10,21-22,25-26H,1-2,4,6,11-19,36H2,(H,37,42)(H,38,44)/t5?,21-,22-,25+,26+,32-/m1/s1. The van der Waals surface area contributed by atoms with Gasteiger partial charge in [-0.25, -0.2) is 18.3 Å². The second-order valence-electron chi connectivity index (χ2n) is 13.4. The highest BCUT2D eigenvalue weighted by atomic mass is 35.5. The zero-order valence-corrected chi connectivity index (χ0v) is 28.3. The summed E-state index contributed by atoms with van der Waals surface area (Å²) in [6.45, 7) is -1.16. The Morgan fingerprint density at radius 2 is 1.96 bits per heavy atom. The lowest BCUT2D eigenvalue weighted by Gasteiger charge is -2.28. The van der Waals surface area contributed by atoms with Gasteiger partial charge in [-0.2, -0.15) is 12.7 Å². The van der Waals surface area contributed by atoms with E-state index < -0.39 is 89.1 Å². The summed E-state index contributed by atoms with van der Waals surface area (Å²) < 4.78 is 61.7. The molecule has 1 aliphatic carbocycles. The first-order valence-corrected chi connectivity index (χ1v) is 18.2. The van der Waals surface area contributed by atoms with Gasteiger partial charge >= 0.3 is 16.3 Å². The molecule has 17 heteroatoms. The number of benzene rings is 1. The van der Waals surface area contributed by atoms with Gasteiger partial charge in [-0.15, -0.1) is 5.73 Å². The Kier molecular flexibility index (Phi) is 9.81. The van der Waals surface area contributed by atoms with Crippen LogP contribution in [0.4, 0.5) is 13.6 Å². The van der Waals surface area contributed by atoms with Crippen LogP contribution in [0.3, 0.4) is 0 Å². The van der Waals surface area contributed by atoms with Crippen molar-refractivity contribution in [3.8, 4) is 0 Å². The summed E-state index contributed by atoms with van der Waals surface area (Å²) in [5, 5.41) is 3.19. The molecule has 5 atom stereocenters. The maximum Gasteiger partial charge on any atom is 0.410 e. The second-order valence-corrected chi connectivity index (χ2v) is 15.5. The Morgan fingerprint density at radius 1 is 1.16 bits per heavy atom. The fourth-order valence-corrected chi connectivity index (χ4v) is 8.42. The molecule has 13 nitrogen and oxygen atoms in total. The number of amides is 4. The molecule has 0 radical (unpaired) electrons. The van der Waals surface area contributed by atoms with Crippen LogP contribution in [0.15, 0.2) is 36.1 Å². The normalized spacial score (nSPS) is 30.4. The molecule has 4 aliphatic heterocycles. The first-order chi connectivity index (χ1) is 23.2. The summed E-state index contributed by atoms with van der Waals surface area (Å²) in [5.41, 5.74) is 9.23. The minimum atomic E-state index is -4.66. The van der Waals surface area contributed by atoms with Crippen molar-refractivity contribution in [3.63, 3.8) is 0 Å². The van der Waals surface area contributed by atoms with E-state index in [2.05, 4.69) is 11.0 Å². The van der Waals surface area contributed by atoms with Crippen molar-refractivity contribution >= 4 is 45.6 Å². The highest BCUT2D eigenvalue weighted by molar-refractivity contribution is 7.87. The average molecular weight is 725 g/mol. The molecule has 3 fully saturated rings. The third-order valence-electron chi connectivity index (χ3n) is 9.86. The predicted molar refractivity (Wildman–Crippen MR) is 172 cm³/mol. The van der Waals surface area contributed by atoms with Gasteiger partial charge < -0.3 is 20.7 Å². The van der Waals surface area contributed by atoms with E-state index in [1.807, 2.05) is 10.8 Å². The summed E-state index contributed by atoms with van der Waals surface area (Å²) in [7, 11) is -4.66. The first kappa shape index (κ1) is 35.3. The fraction of sp³-hybridized carbons (Fsp3) is 0.594. The quantitative estimate of drug-likeness (QED) is 0.398. The maximum atomic E-state index is 14.0. The van der Waals surface area contributed by atoms with Crippen molar-refractivity contribution < 1.29 is 41.1 Å². The molecule has 5 aliphatic rings. The molecule has 266 valence electrons. The number of fused-ring (bicyclic) bond motifs is 3. The number of nitrogens with one attached hydrogen (secondary N) is 2. The number of hydrogen-bond acceptors (Lipinski definition) is 8. The Bertz CT molecular complexity index is 1710. The first-order valence-electron chi connectivity index (χ1n) is 16.4. The van der Waals surface area contributed by atoms with Crippen molar-refractivity contribution in [1.29, 1.82) is 0 Å². The molecule has 0 spiro atoms. The highest BCUT2D eigenvalue weighted by Crippen LogP contribution is 2.45. The van der Waals surface area contributed by atoms with Crippen molar-refractivity contribution in [2.75, 3.05) is 19.6 Å². The second kappa shape index (κ2) is 13.6. The average Bonchev–Trinajstić information content (AvgIpc) is 3.38. The number of ether oxygens (including phenoxy) is 1. The van der Waals surface area contributed by atoms with Crippen LogP contribution in [-0.4, -0.2) is 95.6 Å². The molecule has 4 N–H and O–H groups in total. The van der Waals surface area contributed by atoms with Crippen molar-refractivity contribution in [2.45, 2.75) is 94.1 Å². The Balaban J connectivity index is 1.21. The van der Waals surface area contributed by atoms with E-state index in [9.17, 15) is 36.4 Å². The van der Waals surface area contributed by atoms with Crippen LogP contribution >= 0.6 is 11.6 Å². The van der Waals surface area contributed by atoms with Gasteiger partial charge in [0.25, 0.3) is 11.8 Å². The summed E-state index contributed by atoms with van der Waals surface area (Å²) in [6, 6.07) is 3.25. The minimum absolute atomic E-state index is 0.00771. The number of rotatable bonds is 4. The number of halogens is 3. The summed E-state index contributed by atoms with van der Waals surface area (Å²) in [5.74, 6) is -6.28. The van der Waals surface area contributed by atoms with Crippen LogP contribution in [0.25, 0.3) is 0 Å². The molecule has 0 unspecified atom stereocenters. The molecule has 6 rings (SSSR count). The number of nitrogens with zero attached hydrogens (tertiary/aromatic N) is 3. The smallest absolute Gasteiger partial charge is 0.410 e. The number of nitrogens with two attached hydrogens (primary N) is 1. The maximum absolute atomic E-state index is 14.0. The molecule has 1 saturated carbocycles. The number of hydrogen-bond donors (Lipinski definition) is 3.